The second kappa shape index (κ2) is 26.4. The summed E-state index contributed by atoms with van der Waals surface area (Å²) in [4.78, 5) is 124. The number of aliphatic hydroxyl groups is 1. The lowest BCUT2D eigenvalue weighted by Crippen LogP contribution is -2.60. The molecule has 0 aromatic rings. The van der Waals surface area contributed by atoms with Crippen LogP contribution in [0.1, 0.15) is 78.1 Å². The highest BCUT2D eigenvalue weighted by molar-refractivity contribution is 5.98. The van der Waals surface area contributed by atoms with Gasteiger partial charge in [-0.3, -0.25) is 43.2 Å². The Labute approximate surface area is 321 Å². The molecule has 17 N–H and O–H groups in total. The number of carbonyl (C=O) groups is 10. The summed E-state index contributed by atoms with van der Waals surface area (Å²) in [5.41, 5.74) is 16.8. The van der Waals surface area contributed by atoms with Crippen LogP contribution in [0, 0.1) is 0 Å². The van der Waals surface area contributed by atoms with Gasteiger partial charge in [0, 0.05) is 6.42 Å². The van der Waals surface area contributed by atoms with Crippen molar-refractivity contribution in [1.29, 1.82) is 0 Å². The van der Waals surface area contributed by atoms with Crippen molar-refractivity contribution in [3.63, 3.8) is 0 Å². The Morgan fingerprint density at radius 1 is 0.500 bits per heavy atom. The molecule has 56 heavy (non-hydrogen) atoms. The highest BCUT2D eigenvalue weighted by Crippen LogP contribution is 2.08. The number of unbranched alkanes of at least 4 members (excludes halogenated alkanes) is 2. The van der Waals surface area contributed by atoms with Gasteiger partial charge in [-0.2, -0.15) is 0 Å². The first-order valence-corrected chi connectivity index (χ1v) is 17.7. The average Bonchev–Trinajstić information content (AvgIpc) is 3.10. The Bertz CT molecular complexity index is 1400. The normalized spacial score (nSPS) is 15.2. The summed E-state index contributed by atoms with van der Waals surface area (Å²) >= 11 is 0. The van der Waals surface area contributed by atoms with Crippen molar-refractivity contribution in [2.75, 3.05) is 13.1 Å². The average molecular weight is 806 g/mol. The van der Waals surface area contributed by atoms with E-state index in [4.69, 9.17) is 22.3 Å². The lowest BCUT2D eigenvalue weighted by molar-refractivity contribution is -0.145. The molecule has 0 rings (SSSR count). The minimum absolute atomic E-state index is 0.139. The summed E-state index contributed by atoms with van der Waals surface area (Å²) in [5.74, 6) is -12.9. The van der Waals surface area contributed by atoms with Gasteiger partial charge in [-0.25, -0.2) is 4.79 Å². The predicted molar refractivity (Wildman–Crippen MR) is 192 cm³/mol. The first-order valence-electron chi connectivity index (χ1n) is 17.7. The van der Waals surface area contributed by atoms with Crippen molar-refractivity contribution < 1.29 is 73.5 Å². The van der Waals surface area contributed by atoms with Crippen LogP contribution in [0.2, 0.25) is 0 Å². The van der Waals surface area contributed by atoms with Crippen molar-refractivity contribution in [3.05, 3.63) is 0 Å². The lowest BCUT2D eigenvalue weighted by Gasteiger charge is -2.27. The first-order chi connectivity index (χ1) is 26.1. The molecule has 24 nitrogen and oxygen atoms in total. The van der Waals surface area contributed by atoms with Crippen LogP contribution in [-0.2, 0) is 47.9 Å². The monoisotopic (exact) mass is 805 g/mol. The maximum Gasteiger partial charge on any atom is 0.328 e. The van der Waals surface area contributed by atoms with E-state index in [1.165, 1.54) is 6.92 Å². The predicted octanol–water partition coefficient (Wildman–Crippen LogP) is -5.22. The largest absolute Gasteiger partial charge is 0.481 e. The second-order valence-corrected chi connectivity index (χ2v) is 12.8. The van der Waals surface area contributed by atoms with E-state index in [-0.39, 0.29) is 25.8 Å². The van der Waals surface area contributed by atoms with Gasteiger partial charge in [0.15, 0.2) is 6.04 Å². The fourth-order valence-corrected chi connectivity index (χ4v) is 4.85. The molecule has 0 aliphatic carbocycles. The number of carboxylic acids is 4. The van der Waals surface area contributed by atoms with Crippen LogP contribution < -0.4 is 49.1 Å². The molecule has 0 unspecified atom stereocenters. The third-order valence-electron chi connectivity index (χ3n) is 7.99. The van der Waals surface area contributed by atoms with Gasteiger partial charge in [0.05, 0.1) is 25.0 Å². The Hall–Kier alpha value is -5.46. The summed E-state index contributed by atoms with van der Waals surface area (Å²) in [6.45, 7) is 2.79. The van der Waals surface area contributed by atoms with E-state index in [0.717, 1.165) is 6.92 Å². The van der Waals surface area contributed by atoms with Crippen molar-refractivity contribution in [2.24, 2.45) is 17.2 Å². The van der Waals surface area contributed by atoms with Crippen molar-refractivity contribution in [3.8, 4) is 0 Å². The topological polar surface area (TPSA) is 422 Å². The summed E-state index contributed by atoms with van der Waals surface area (Å²) in [6.07, 6.45) is -3.38. The molecule has 0 fully saturated rings. The number of nitrogens with two attached hydrogens (primary N) is 3. The molecule has 0 aliphatic rings. The van der Waals surface area contributed by atoms with E-state index in [0.29, 0.717) is 25.8 Å². The van der Waals surface area contributed by atoms with E-state index in [2.05, 4.69) is 21.3 Å². The zero-order valence-corrected chi connectivity index (χ0v) is 31.2. The molecule has 0 aliphatic heterocycles. The molecule has 8 atom stereocenters. The van der Waals surface area contributed by atoms with Crippen LogP contribution in [0.4, 0.5) is 0 Å². The fraction of sp³-hybridized carbons (Fsp3) is 0.688. The Balaban J connectivity index is 6.21. The van der Waals surface area contributed by atoms with Gasteiger partial charge >= 0.3 is 23.9 Å². The number of aliphatic hydroxyl groups excluding tert-OH is 1. The lowest BCUT2D eigenvalue weighted by atomic mass is 10.0. The molecule has 0 aromatic heterocycles. The maximum atomic E-state index is 13.4. The molecule has 6 amide bonds. The molecule has 0 saturated carbocycles. The molecule has 0 spiro atoms. The highest BCUT2D eigenvalue weighted by Gasteiger charge is 2.35. The van der Waals surface area contributed by atoms with E-state index < -0.39 is 133 Å². The van der Waals surface area contributed by atoms with E-state index >= 15 is 0 Å². The summed E-state index contributed by atoms with van der Waals surface area (Å²) in [5, 5.41) is 60.1. The summed E-state index contributed by atoms with van der Waals surface area (Å²) < 4.78 is 0. The standard InChI is InChI=1S/C32H55N9O15/c1-15(36-27(50)17(35)7-3-5-11-33)26(49)39-20(13-23(45)46)31(54)40-21(14-24(47)48)30(53)37-18(8-4-6-12-34)28(51)38-19(9-10-22(43)44)29(52)41-25(16(2)42)32(55)56/h15-21,25,42H,3-14,33-35H2,1-2H3,(H,36,50)(H,37,53)(H,38,51)(H,39,49)(H,40,54)(H,41,52)(H,43,44)(H,45,46)(H,47,48)(H,55,56)/t15-,16+,17-,18-,19-,20-,21-,25-/m0/s1. The smallest absolute Gasteiger partial charge is 0.328 e. The second-order valence-electron chi connectivity index (χ2n) is 12.8. The number of carbonyl (C=O) groups excluding carboxylic acids is 6. The summed E-state index contributed by atoms with van der Waals surface area (Å²) in [7, 11) is 0. The number of carboxylic acid groups (broad SMARTS) is 4. The van der Waals surface area contributed by atoms with Gasteiger partial charge < -0.3 is 74.6 Å². The number of nitrogens with one attached hydrogen (secondary N) is 6. The van der Waals surface area contributed by atoms with Gasteiger partial charge in [0.2, 0.25) is 35.4 Å². The van der Waals surface area contributed by atoms with Crippen LogP contribution in [0.25, 0.3) is 0 Å². The van der Waals surface area contributed by atoms with Crippen LogP contribution in [0.3, 0.4) is 0 Å². The molecular formula is C32H55N9O15. The van der Waals surface area contributed by atoms with Crippen LogP contribution >= 0.6 is 0 Å². The van der Waals surface area contributed by atoms with E-state index in [1.807, 2.05) is 10.6 Å². The number of rotatable bonds is 29. The van der Waals surface area contributed by atoms with Gasteiger partial charge in [0.1, 0.15) is 30.2 Å². The zero-order valence-electron chi connectivity index (χ0n) is 31.2. The zero-order chi connectivity index (χ0) is 43.1. The van der Waals surface area contributed by atoms with E-state index in [1.54, 1.807) is 0 Å². The maximum absolute atomic E-state index is 13.4. The summed E-state index contributed by atoms with van der Waals surface area (Å²) in [6, 6.07) is -11.4. The molecule has 24 heteroatoms. The van der Waals surface area contributed by atoms with Gasteiger partial charge in [0.25, 0.3) is 0 Å². The third-order valence-corrected chi connectivity index (χ3v) is 7.99. The molecule has 0 radical (unpaired) electrons. The van der Waals surface area contributed by atoms with Gasteiger partial charge in [-0.1, -0.05) is 6.42 Å². The number of aliphatic carboxylic acids is 4. The number of hydrogen-bond donors (Lipinski definition) is 14. The van der Waals surface area contributed by atoms with Crippen LogP contribution in [0.5, 0.6) is 0 Å². The molecule has 318 valence electrons. The Morgan fingerprint density at radius 2 is 0.911 bits per heavy atom. The van der Waals surface area contributed by atoms with Crippen molar-refractivity contribution in [1.82, 2.24) is 31.9 Å². The van der Waals surface area contributed by atoms with Crippen LogP contribution in [0.15, 0.2) is 0 Å². The fourth-order valence-electron chi connectivity index (χ4n) is 4.85. The minimum Gasteiger partial charge on any atom is -0.481 e. The highest BCUT2D eigenvalue weighted by atomic mass is 16.4. The first kappa shape index (κ1) is 50.5. The van der Waals surface area contributed by atoms with E-state index in [9.17, 15) is 68.4 Å². The molecule has 0 aromatic carbocycles. The van der Waals surface area contributed by atoms with Crippen molar-refractivity contribution >= 4 is 59.3 Å². The molecule has 0 bridgehead atoms. The number of amides is 6. The third kappa shape index (κ3) is 20.3. The molecular weight excluding hydrogens is 750 g/mol. The van der Waals surface area contributed by atoms with Gasteiger partial charge in [-0.05, 0) is 65.5 Å². The minimum atomic E-state index is -1.99. The van der Waals surface area contributed by atoms with Crippen molar-refractivity contribution in [2.45, 2.75) is 126 Å². The SMILES string of the molecule is C[C@H](NC(=O)[C@@H](N)CCCCN)C(=O)N[C@@H](CC(=O)O)C(=O)N[C@@H](CC(=O)O)C(=O)N[C@@H](CCCCN)C(=O)N[C@@H](CCC(=O)O)C(=O)N[C@H](C(=O)O)[C@@H](C)O. The van der Waals surface area contributed by atoms with Gasteiger partial charge in [-0.15, -0.1) is 0 Å². The molecule has 0 saturated heterocycles. The number of hydrogen-bond acceptors (Lipinski definition) is 14. The van der Waals surface area contributed by atoms with Crippen LogP contribution in [-0.4, -0.2) is 146 Å². The molecule has 0 heterocycles. The quantitative estimate of drug-likeness (QED) is 0.0314. The Kier molecular flexibility index (Phi) is 23.8. The Morgan fingerprint density at radius 3 is 1.34 bits per heavy atom.